The summed E-state index contributed by atoms with van der Waals surface area (Å²) in [5.41, 5.74) is -0.390. The normalized spacial score (nSPS) is 12.3. The molecule has 0 bridgehead atoms. The van der Waals surface area contributed by atoms with Gasteiger partial charge in [-0.25, -0.2) is 0 Å². The average Bonchev–Trinajstić information content (AvgIpc) is 2.21. The molecule has 0 atom stereocenters. The van der Waals surface area contributed by atoms with Gasteiger partial charge in [0.05, 0.1) is 9.40 Å². The second-order valence-corrected chi connectivity index (χ2v) is 11.4. The van der Waals surface area contributed by atoms with Crippen LogP contribution in [0.2, 0.25) is 18.1 Å². The Labute approximate surface area is 122 Å². The van der Waals surface area contributed by atoms with Crippen LogP contribution in [0.25, 0.3) is 0 Å². The van der Waals surface area contributed by atoms with Gasteiger partial charge in [-0.05, 0) is 46.2 Å². The van der Waals surface area contributed by atoms with Gasteiger partial charge in [0.1, 0.15) is 0 Å². The maximum atomic E-state index is 11.1. The Bertz CT molecular complexity index is 511. The predicted octanol–water partition coefficient (Wildman–Crippen LogP) is 4.45. The highest BCUT2D eigenvalue weighted by molar-refractivity contribution is 9.10. The standard InChI is InChI=1S/C12H18BrNO4Si/c1-12(2,3)19(4,5)18-11-8(13)6-7-9(15)10(11)14(16)17/h6-7,15H,1-5H3. The lowest BCUT2D eigenvalue weighted by Gasteiger charge is -2.36. The molecular formula is C12H18BrNO4Si. The van der Waals surface area contributed by atoms with E-state index in [1.54, 1.807) is 6.07 Å². The summed E-state index contributed by atoms with van der Waals surface area (Å²) < 4.78 is 6.43. The minimum absolute atomic E-state index is 0.0915. The number of hydrogen-bond acceptors (Lipinski definition) is 4. The van der Waals surface area contributed by atoms with Crippen molar-refractivity contribution in [3.63, 3.8) is 0 Å². The van der Waals surface area contributed by atoms with E-state index in [4.69, 9.17) is 4.43 Å². The fourth-order valence-electron chi connectivity index (χ4n) is 1.22. The third-order valence-corrected chi connectivity index (χ3v) is 8.36. The molecule has 0 saturated heterocycles. The summed E-state index contributed by atoms with van der Waals surface area (Å²) in [6.45, 7) is 10.1. The van der Waals surface area contributed by atoms with Gasteiger partial charge in [-0.1, -0.05) is 20.8 Å². The van der Waals surface area contributed by atoms with Gasteiger partial charge in [-0.3, -0.25) is 10.1 Å². The van der Waals surface area contributed by atoms with Gasteiger partial charge in [-0.15, -0.1) is 0 Å². The molecule has 1 N–H and O–H groups in total. The number of nitro groups is 1. The van der Waals surface area contributed by atoms with Crippen LogP contribution >= 0.6 is 15.9 Å². The fraction of sp³-hybridized carbons (Fsp3) is 0.500. The van der Waals surface area contributed by atoms with E-state index in [0.29, 0.717) is 4.47 Å². The van der Waals surface area contributed by atoms with E-state index in [1.807, 2.05) is 33.9 Å². The Balaban J connectivity index is 3.36. The van der Waals surface area contributed by atoms with E-state index < -0.39 is 13.2 Å². The average molecular weight is 348 g/mol. The van der Waals surface area contributed by atoms with E-state index in [0.717, 1.165) is 0 Å². The second-order valence-electron chi connectivity index (χ2n) is 5.86. The number of halogens is 1. The molecular weight excluding hydrogens is 330 g/mol. The van der Waals surface area contributed by atoms with Crippen molar-refractivity contribution in [3.8, 4) is 11.5 Å². The van der Waals surface area contributed by atoms with Crippen molar-refractivity contribution in [1.82, 2.24) is 0 Å². The molecule has 0 radical (unpaired) electrons. The van der Waals surface area contributed by atoms with Crippen molar-refractivity contribution in [1.29, 1.82) is 0 Å². The van der Waals surface area contributed by atoms with Gasteiger partial charge in [0, 0.05) is 0 Å². The van der Waals surface area contributed by atoms with E-state index in [9.17, 15) is 15.2 Å². The molecule has 19 heavy (non-hydrogen) atoms. The summed E-state index contributed by atoms with van der Waals surface area (Å²) in [6, 6.07) is 2.82. The van der Waals surface area contributed by atoms with Crippen molar-refractivity contribution in [3.05, 3.63) is 26.7 Å². The van der Waals surface area contributed by atoms with Gasteiger partial charge in [0.15, 0.2) is 5.75 Å². The summed E-state index contributed by atoms with van der Waals surface area (Å²) in [6.07, 6.45) is 0. The Kier molecular flexibility index (Phi) is 4.31. The van der Waals surface area contributed by atoms with Crippen LogP contribution in [0.5, 0.6) is 11.5 Å². The minimum Gasteiger partial charge on any atom is -0.538 e. The van der Waals surface area contributed by atoms with Gasteiger partial charge >= 0.3 is 5.69 Å². The highest BCUT2D eigenvalue weighted by atomic mass is 79.9. The predicted molar refractivity (Wildman–Crippen MR) is 80.3 cm³/mol. The van der Waals surface area contributed by atoms with Gasteiger partial charge in [0.25, 0.3) is 8.32 Å². The molecule has 1 aromatic carbocycles. The van der Waals surface area contributed by atoms with Gasteiger partial charge < -0.3 is 9.53 Å². The third kappa shape index (κ3) is 3.27. The number of phenols is 1. The van der Waals surface area contributed by atoms with Crippen molar-refractivity contribution in [2.24, 2.45) is 0 Å². The maximum absolute atomic E-state index is 11.1. The smallest absolute Gasteiger partial charge is 0.351 e. The first-order chi connectivity index (χ1) is 8.47. The fourth-order valence-corrected chi connectivity index (χ4v) is 2.79. The molecule has 0 aromatic heterocycles. The van der Waals surface area contributed by atoms with E-state index in [2.05, 4.69) is 15.9 Å². The zero-order valence-electron chi connectivity index (χ0n) is 11.7. The zero-order valence-corrected chi connectivity index (χ0v) is 14.2. The van der Waals surface area contributed by atoms with Crippen LogP contribution in [-0.2, 0) is 0 Å². The lowest BCUT2D eigenvalue weighted by atomic mass is 10.2. The Morgan fingerprint density at radius 2 is 1.89 bits per heavy atom. The molecule has 1 aromatic rings. The third-order valence-electron chi connectivity index (χ3n) is 3.41. The van der Waals surface area contributed by atoms with E-state index in [-0.39, 0.29) is 22.2 Å². The molecule has 0 saturated carbocycles. The largest absolute Gasteiger partial charge is 0.538 e. The summed E-state index contributed by atoms with van der Waals surface area (Å²) >= 11 is 3.25. The molecule has 7 heteroatoms. The van der Waals surface area contributed by atoms with Crippen molar-refractivity contribution >= 4 is 29.9 Å². The van der Waals surface area contributed by atoms with Crippen molar-refractivity contribution in [2.45, 2.75) is 38.9 Å². The molecule has 0 heterocycles. The number of aromatic hydroxyl groups is 1. The first kappa shape index (κ1) is 16.0. The molecule has 0 spiro atoms. The van der Waals surface area contributed by atoms with E-state index >= 15 is 0 Å². The van der Waals surface area contributed by atoms with Crippen LogP contribution in [0.1, 0.15) is 20.8 Å². The molecule has 106 valence electrons. The molecule has 0 amide bonds. The number of nitro benzene ring substituents is 1. The number of hydrogen-bond donors (Lipinski definition) is 1. The molecule has 0 unspecified atom stereocenters. The molecule has 0 fully saturated rings. The Morgan fingerprint density at radius 3 is 2.32 bits per heavy atom. The summed E-state index contributed by atoms with van der Waals surface area (Å²) in [5.74, 6) is -0.279. The molecule has 0 aliphatic heterocycles. The number of rotatable bonds is 3. The quantitative estimate of drug-likeness (QED) is 0.498. The molecule has 0 aliphatic carbocycles. The Morgan fingerprint density at radius 1 is 1.37 bits per heavy atom. The van der Waals surface area contributed by atoms with Gasteiger partial charge in [-0.2, -0.15) is 0 Å². The first-order valence-corrected chi connectivity index (χ1v) is 9.52. The van der Waals surface area contributed by atoms with Crippen LogP contribution < -0.4 is 4.43 Å². The van der Waals surface area contributed by atoms with E-state index in [1.165, 1.54) is 6.07 Å². The first-order valence-electron chi connectivity index (χ1n) is 5.82. The number of phenolic OH excluding ortho intramolecular Hbond substituents is 1. The molecule has 0 aliphatic rings. The summed E-state index contributed by atoms with van der Waals surface area (Å²) in [4.78, 5) is 10.5. The molecule has 5 nitrogen and oxygen atoms in total. The lowest BCUT2D eigenvalue weighted by molar-refractivity contribution is -0.386. The van der Waals surface area contributed by atoms with Crippen LogP contribution in [0.15, 0.2) is 16.6 Å². The van der Waals surface area contributed by atoms with Crippen molar-refractivity contribution in [2.75, 3.05) is 0 Å². The topological polar surface area (TPSA) is 72.6 Å². The lowest BCUT2D eigenvalue weighted by Crippen LogP contribution is -2.44. The number of benzene rings is 1. The summed E-state index contributed by atoms with van der Waals surface area (Å²) in [7, 11) is -2.22. The maximum Gasteiger partial charge on any atom is 0.351 e. The highest BCUT2D eigenvalue weighted by Crippen LogP contribution is 2.46. The highest BCUT2D eigenvalue weighted by Gasteiger charge is 2.41. The number of nitrogens with zero attached hydrogens (tertiary/aromatic N) is 1. The Hall–Kier alpha value is -1.08. The van der Waals surface area contributed by atoms with Crippen LogP contribution in [0.4, 0.5) is 5.69 Å². The zero-order chi connectivity index (χ0) is 15.0. The molecule has 1 rings (SSSR count). The monoisotopic (exact) mass is 347 g/mol. The SMILES string of the molecule is CC(C)(C)[Si](C)(C)Oc1c(Br)ccc(O)c1[N+](=O)[O-]. The van der Waals surface area contributed by atoms with Crippen LogP contribution in [0, 0.1) is 10.1 Å². The minimum atomic E-state index is -2.22. The van der Waals surface area contributed by atoms with Gasteiger partial charge in [0.2, 0.25) is 5.75 Å². The van der Waals surface area contributed by atoms with Crippen LogP contribution in [0.3, 0.4) is 0 Å². The van der Waals surface area contributed by atoms with Crippen LogP contribution in [-0.4, -0.2) is 18.3 Å². The second kappa shape index (κ2) is 5.13. The van der Waals surface area contributed by atoms with Crippen molar-refractivity contribution < 1.29 is 14.5 Å². The summed E-state index contributed by atoms with van der Waals surface area (Å²) in [5, 5.41) is 20.7.